The van der Waals surface area contributed by atoms with Gasteiger partial charge in [0.05, 0.1) is 12.8 Å². The Labute approximate surface area is 193 Å². The topological polar surface area (TPSA) is 61.9 Å². The molecule has 3 rings (SSSR count). The lowest BCUT2D eigenvalue weighted by Gasteiger charge is -2.32. The molecule has 8 heteroatoms. The van der Waals surface area contributed by atoms with E-state index in [1.54, 1.807) is 30.3 Å². The van der Waals surface area contributed by atoms with Crippen LogP contribution in [-0.4, -0.2) is 62.0 Å². The van der Waals surface area contributed by atoms with Gasteiger partial charge in [-0.2, -0.15) is 0 Å². The molecule has 31 heavy (non-hydrogen) atoms. The number of likely N-dealkylation sites (N-methyl/N-ethyl adjacent to an activating group) is 1. The highest BCUT2D eigenvalue weighted by atomic mass is 35.5. The van der Waals surface area contributed by atoms with E-state index < -0.39 is 0 Å². The van der Waals surface area contributed by atoms with Crippen LogP contribution in [0.15, 0.2) is 36.4 Å². The lowest BCUT2D eigenvalue weighted by molar-refractivity contribution is -0.119. The van der Waals surface area contributed by atoms with Crippen molar-refractivity contribution in [2.24, 2.45) is 5.92 Å². The fourth-order valence-corrected chi connectivity index (χ4v) is 3.98. The molecular formula is C23H27Cl2N3O3. The van der Waals surface area contributed by atoms with Crippen molar-refractivity contribution in [3.05, 3.63) is 57.6 Å². The standard InChI is InChI=1S/C23H27Cl2N3O3/c1-15(12-16-4-6-18(24)14-19(16)25)22(29)26-20-13-17(5-7-21(20)31-3)23(30)28-10-8-27(2)9-11-28/h4-7,13-15H,8-12H2,1-3H3,(H,26,29). The monoisotopic (exact) mass is 463 g/mol. The van der Waals surface area contributed by atoms with Crippen LogP contribution in [0.25, 0.3) is 0 Å². The quantitative estimate of drug-likeness (QED) is 0.696. The Kier molecular flexibility index (Phi) is 7.81. The van der Waals surface area contributed by atoms with Crippen molar-refractivity contribution in [2.45, 2.75) is 13.3 Å². The number of hydrogen-bond donors (Lipinski definition) is 1. The third kappa shape index (κ3) is 5.91. The summed E-state index contributed by atoms with van der Waals surface area (Å²) in [6.07, 6.45) is 0.462. The van der Waals surface area contributed by atoms with Crippen LogP contribution >= 0.6 is 23.2 Å². The van der Waals surface area contributed by atoms with Gasteiger partial charge in [0.15, 0.2) is 0 Å². The van der Waals surface area contributed by atoms with Crippen LogP contribution < -0.4 is 10.1 Å². The Bertz CT molecular complexity index is 959. The molecule has 1 N–H and O–H groups in total. The number of anilines is 1. The van der Waals surface area contributed by atoms with E-state index in [1.165, 1.54) is 7.11 Å². The molecule has 1 fully saturated rings. The Balaban J connectivity index is 1.72. The van der Waals surface area contributed by atoms with E-state index in [0.29, 0.717) is 46.6 Å². The van der Waals surface area contributed by atoms with E-state index in [1.807, 2.05) is 24.9 Å². The van der Waals surface area contributed by atoms with Crippen molar-refractivity contribution < 1.29 is 14.3 Å². The van der Waals surface area contributed by atoms with E-state index in [0.717, 1.165) is 18.7 Å². The van der Waals surface area contributed by atoms with Gasteiger partial charge in [-0.25, -0.2) is 0 Å². The fraction of sp³-hybridized carbons (Fsp3) is 0.391. The summed E-state index contributed by atoms with van der Waals surface area (Å²) in [5.74, 6) is -0.0823. The van der Waals surface area contributed by atoms with Crippen molar-refractivity contribution in [3.63, 3.8) is 0 Å². The van der Waals surface area contributed by atoms with Gasteiger partial charge in [0, 0.05) is 47.7 Å². The molecule has 0 aliphatic carbocycles. The first-order valence-corrected chi connectivity index (χ1v) is 10.9. The summed E-state index contributed by atoms with van der Waals surface area (Å²) in [7, 11) is 3.57. The summed E-state index contributed by atoms with van der Waals surface area (Å²) in [5, 5.41) is 3.99. The number of nitrogens with one attached hydrogen (secondary N) is 1. The molecule has 1 heterocycles. The molecule has 2 aromatic carbocycles. The van der Waals surface area contributed by atoms with Gasteiger partial charge in [-0.05, 0) is 49.4 Å². The largest absolute Gasteiger partial charge is 0.495 e. The molecule has 0 bridgehead atoms. The molecule has 166 valence electrons. The molecule has 0 aromatic heterocycles. The number of rotatable bonds is 6. The predicted octanol–water partition coefficient (Wildman–Crippen LogP) is 4.21. The average Bonchev–Trinajstić information content (AvgIpc) is 2.75. The Morgan fingerprint density at radius 3 is 2.45 bits per heavy atom. The molecule has 1 unspecified atom stereocenters. The lowest BCUT2D eigenvalue weighted by atomic mass is 10.00. The number of hydrogen-bond acceptors (Lipinski definition) is 4. The zero-order valence-corrected chi connectivity index (χ0v) is 19.5. The summed E-state index contributed by atoms with van der Waals surface area (Å²) in [4.78, 5) is 29.8. The van der Waals surface area contributed by atoms with Gasteiger partial charge in [-0.15, -0.1) is 0 Å². The summed E-state index contributed by atoms with van der Waals surface area (Å²) < 4.78 is 5.39. The van der Waals surface area contributed by atoms with Gasteiger partial charge >= 0.3 is 0 Å². The molecule has 0 saturated carbocycles. The number of benzene rings is 2. The SMILES string of the molecule is COc1ccc(C(=O)N2CCN(C)CC2)cc1NC(=O)C(C)Cc1ccc(Cl)cc1Cl. The van der Waals surface area contributed by atoms with E-state index in [9.17, 15) is 9.59 Å². The highest BCUT2D eigenvalue weighted by Crippen LogP contribution is 2.28. The second-order valence-electron chi connectivity index (χ2n) is 7.84. The maximum atomic E-state index is 12.9. The number of carbonyl (C=O) groups excluding carboxylic acids is 2. The highest BCUT2D eigenvalue weighted by molar-refractivity contribution is 6.35. The second-order valence-corrected chi connectivity index (χ2v) is 8.68. The van der Waals surface area contributed by atoms with Crippen LogP contribution in [0.3, 0.4) is 0 Å². The molecule has 6 nitrogen and oxygen atoms in total. The molecule has 2 aromatic rings. The predicted molar refractivity (Wildman–Crippen MR) is 124 cm³/mol. The third-order valence-electron chi connectivity index (χ3n) is 5.48. The smallest absolute Gasteiger partial charge is 0.254 e. The van der Waals surface area contributed by atoms with Gasteiger partial charge < -0.3 is 19.9 Å². The van der Waals surface area contributed by atoms with Crippen LogP contribution in [0.2, 0.25) is 10.0 Å². The van der Waals surface area contributed by atoms with Crippen LogP contribution in [0.4, 0.5) is 5.69 Å². The molecular weight excluding hydrogens is 437 g/mol. The van der Waals surface area contributed by atoms with E-state index >= 15 is 0 Å². The maximum absolute atomic E-state index is 12.9. The summed E-state index contributed by atoms with van der Waals surface area (Å²) >= 11 is 12.2. The van der Waals surface area contributed by atoms with Crippen LogP contribution in [-0.2, 0) is 11.2 Å². The molecule has 1 aliphatic rings. The van der Waals surface area contributed by atoms with Crippen molar-refractivity contribution in [3.8, 4) is 5.75 Å². The number of ether oxygens (including phenoxy) is 1. The molecule has 1 atom stereocenters. The van der Waals surface area contributed by atoms with Gasteiger partial charge in [-0.3, -0.25) is 9.59 Å². The van der Waals surface area contributed by atoms with Crippen molar-refractivity contribution in [2.75, 3.05) is 45.7 Å². The molecule has 1 saturated heterocycles. The zero-order chi connectivity index (χ0) is 22.5. The minimum absolute atomic E-state index is 0.0488. The first-order chi connectivity index (χ1) is 14.8. The second kappa shape index (κ2) is 10.4. The molecule has 1 aliphatic heterocycles. The van der Waals surface area contributed by atoms with Gasteiger partial charge in [-0.1, -0.05) is 36.2 Å². The van der Waals surface area contributed by atoms with E-state index in [-0.39, 0.29) is 17.7 Å². The molecule has 2 amide bonds. The average molecular weight is 464 g/mol. The number of amides is 2. The molecule has 0 spiro atoms. The molecule has 0 radical (unpaired) electrons. The van der Waals surface area contributed by atoms with Gasteiger partial charge in [0.2, 0.25) is 5.91 Å². The first kappa shape index (κ1) is 23.4. The van der Waals surface area contributed by atoms with Gasteiger partial charge in [0.1, 0.15) is 5.75 Å². The Morgan fingerprint density at radius 2 is 1.81 bits per heavy atom. The number of halogens is 2. The fourth-order valence-electron chi connectivity index (χ4n) is 3.50. The summed E-state index contributed by atoms with van der Waals surface area (Å²) in [6, 6.07) is 10.4. The Hall–Kier alpha value is -2.28. The summed E-state index contributed by atoms with van der Waals surface area (Å²) in [5.41, 5.74) is 1.84. The summed E-state index contributed by atoms with van der Waals surface area (Å²) in [6.45, 7) is 4.88. The van der Waals surface area contributed by atoms with Crippen LogP contribution in [0.5, 0.6) is 5.75 Å². The minimum atomic E-state index is -0.347. The first-order valence-electron chi connectivity index (χ1n) is 10.2. The zero-order valence-electron chi connectivity index (χ0n) is 18.0. The van der Waals surface area contributed by atoms with Crippen molar-refractivity contribution in [1.29, 1.82) is 0 Å². The number of nitrogens with zero attached hydrogens (tertiary/aromatic N) is 2. The van der Waals surface area contributed by atoms with Crippen molar-refractivity contribution in [1.82, 2.24) is 9.80 Å². The third-order valence-corrected chi connectivity index (χ3v) is 6.07. The van der Waals surface area contributed by atoms with E-state index in [4.69, 9.17) is 27.9 Å². The number of piperazine rings is 1. The van der Waals surface area contributed by atoms with Crippen LogP contribution in [0, 0.1) is 5.92 Å². The van der Waals surface area contributed by atoms with E-state index in [2.05, 4.69) is 10.2 Å². The minimum Gasteiger partial charge on any atom is -0.495 e. The number of carbonyl (C=O) groups is 2. The highest BCUT2D eigenvalue weighted by Gasteiger charge is 2.22. The maximum Gasteiger partial charge on any atom is 0.254 e. The van der Waals surface area contributed by atoms with Gasteiger partial charge in [0.25, 0.3) is 5.91 Å². The van der Waals surface area contributed by atoms with Crippen LogP contribution in [0.1, 0.15) is 22.8 Å². The lowest BCUT2D eigenvalue weighted by Crippen LogP contribution is -2.47. The van der Waals surface area contributed by atoms with Crippen molar-refractivity contribution >= 4 is 40.7 Å². The number of methoxy groups -OCH3 is 1. The Morgan fingerprint density at radius 1 is 1.10 bits per heavy atom. The normalized spacial score (nSPS) is 15.5.